The number of methoxy groups -OCH3 is 2. The zero-order chi connectivity index (χ0) is 28.4. The van der Waals surface area contributed by atoms with Gasteiger partial charge in [0.25, 0.3) is 5.56 Å². The molecule has 0 unspecified atom stereocenters. The Morgan fingerprint density at radius 3 is 2.50 bits per heavy atom. The van der Waals surface area contributed by atoms with E-state index in [9.17, 15) is 9.59 Å². The molecule has 0 saturated carbocycles. The maximum absolute atomic E-state index is 13.8. The predicted molar refractivity (Wildman–Crippen MR) is 156 cm³/mol. The lowest BCUT2D eigenvalue weighted by Crippen LogP contribution is -2.40. The standard InChI is InChI=1S/C30H24Cl2N2O5S/c1-17-26(29(36)38-3)27(23-15-21(32)9-12-24(23)37-2)34-28(35)25(40-30(34)33-17)14-18-7-10-22(11-8-18)39-16-19-5-4-6-20(31)13-19/h4-15,27H,16H2,1-3H3/b25-14-/t27-/m0/s1. The average Bonchev–Trinajstić information content (AvgIpc) is 3.25. The summed E-state index contributed by atoms with van der Waals surface area (Å²) < 4.78 is 18.5. The number of halogens is 2. The van der Waals surface area contributed by atoms with Gasteiger partial charge in [-0.1, -0.05) is 58.8 Å². The fourth-order valence-electron chi connectivity index (χ4n) is 4.51. The summed E-state index contributed by atoms with van der Waals surface area (Å²) in [7, 11) is 2.82. The quantitative estimate of drug-likeness (QED) is 0.271. The number of nitrogens with zero attached hydrogens (tertiary/aromatic N) is 2. The predicted octanol–water partition coefficient (Wildman–Crippen LogP) is 5.30. The van der Waals surface area contributed by atoms with Gasteiger partial charge in [-0.25, -0.2) is 9.79 Å². The number of carbonyl (C=O) groups excluding carboxylic acids is 1. The van der Waals surface area contributed by atoms with E-state index in [1.807, 2.05) is 48.5 Å². The lowest BCUT2D eigenvalue weighted by Gasteiger charge is -2.25. The van der Waals surface area contributed by atoms with Gasteiger partial charge < -0.3 is 14.2 Å². The number of hydrogen-bond acceptors (Lipinski definition) is 7. The van der Waals surface area contributed by atoms with Gasteiger partial charge in [-0.15, -0.1) is 0 Å². The van der Waals surface area contributed by atoms with Crippen LogP contribution in [0.2, 0.25) is 10.0 Å². The van der Waals surface area contributed by atoms with Gasteiger partial charge in [0.05, 0.1) is 30.0 Å². The van der Waals surface area contributed by atoms with E-state index in [0.29, 0.717) is 48.7 Å². The Kier molecular flexibility index (Phi) is 8.12. The second-order valence-corrected chi connectivity index (χ2v) is 10.8. The number of ether oxygens (including phenoxy) is 3. The van der Waals surface area contributed by atoms with Gasteiger partial charge >= 0.3 is 5.97 Å². The Bertz CT molecular complexity index is 1810. The molecule has 2 heterocycles. The molecule has 0 aliphatic carbocycles. The van der Waals surface area contributed by atoms with Crippen molar-refractivity contribution in [3.63, 3.8) is 0 Å². The highest BCUT2D eigenvalue weighted by Gasteiger charge is 2.35. The first kappa shape index (κ1) is 27.7. The normalized spacial score (nSPS) is 14.9. The van der Waals surface area contributed by atoms with Crippen molar-refractivity contribution >= 4 is 46.6 Å². The fraction of sp³-hybridized carbons (Fsp3) is 0.167. The van der Waals surface area contributed by atoms with Crippen molar-refractivity contribution in [3.8, 4) is 11.5 Å². The smallest absolute Gasteiger partial charge is 0.338 e. The van der Waals surface area contributed by atoms with Gasteiger partial charge in [-0.05, 0) is 66.6 Å². The minimum atomic E-state index is -0.832. The molecule has 0 saturated heterocycles. The van der Waals surface area contributed by atoms with Crippen LogP contribution >= 0.6 is 34.5 Å². The Morgan fingerprint density at radius 1 is 1.05 bits per heavy atom. The van der Waals surface area contributed by atoms with Crippen molar-refractivity contribution in [3.05, 3.63) is 124 Å². The van der Waals surface area contributed by atoms with Gasteiger partial charge in [0.15, 0.2) is 4.80 Å². The SMILES string of the molecule is COC(=O)C1=C(C)N=c2s/c(=C\c3ccc(OCc4cccc(Cl)c4)cc3)c(=O)n2[C@H]1c1cc(Cl)ccc1OC. The average molecular weight is 596 g/mol. The Balaban J connectivity index is 1.53. The molecule has 204 valence electrons. The summed E-state index contributed by atoms with van der Waals surface area (Å²) in [6.45, 7) is 2.10. The summed E-state index contributed by atoms with van der Waals surface area (Å²) >= 11 is 13.6. The Hall–Kier alpha value is -3.85. The number of allylic oxidation sites excluding steroid dienone is 1. The second-order valence-electron chi connectivity index (χ2n) is 8.95. The maximum Gasteiger partial charge on any atom is 0.338 e. The van der Waals surface area contributed by atoms with Crippen molar-refractivity contribution < 1.29 is 19.0 Å². The molecule has 3 aromatic carbocycles. The summed E-state index contributed by atoms with van der Waals surface area (Å²) in [6.07, 6.45) is 1.79. The first-order chi connectivity index (χ1) is 19.3. The molecule has 10 heteroatoms. The number of benzene rings is 3. The van der Waals surface area contributed by atoms with E-state index < -0.39 is 12.0 Å². The van der Waals surface area contributed by atoms with Crippen LogP contribution in [0.3, 0.4) is 0 Å². The topological polar surface area (TPSA) is 79.1 Å². The minimum absolute atomic E-state index is 0.239. The van der Waals surface area contributed by atoms with Crippen LogP contribution in [-0.4, -0.2) is 24.8 Å². The molecular weight excluding hydrogens is 571 g/mol. The van der Waals surface area contributed by atoms with Crippen LogP contribution in [0.15, 0.2) is 87.8 Å². The molecule has 1 aliphatic heterocycles. The van der Waals surface area contributed by atoms with E-state index in [4.69, 9.17) is 37.4 Å². The third-order valence-electron chi connectivity index (χ3n) is 6.39. The largest absolute Gasteiger partial charge is 0.496 e. The molecule has 1 aromatic heterocycles. The van der Waals surface area contributed by atoms with Crippen molar-refractivity contribution in [2.45, 2.75) is 19.6 Å². The molecule has 1 atom stereocenters. The Morgan fingerprint density at radius 2 is 1.80 bits per heavy atom. The van der Waals surface area contributed by atoms with Crippen LogP contribution in [-0.2, 0) is 16.1 Å². The third-order valence-corrected chi connectivity index (χ3v) is 7.84. The van der Waals surface area contributed by atoms with E-state index in [0.717, 1.165) is 11.1 Å². The Labute approximate surface area is 244 Å². The molecule has 0 spiro atoms. The van der Waals surface area contributed by atoms with Gasteiger partial charge in [0.2, 0.25) is 0 Å². The molecule has 0 amide bonds. The summed E-state index contributed by atoms with van der Waals surface area (Å²) in [4.78, 5) is 31.7. The third kappa shape index (κ3) is 5.56. The van der Waals surface area contributed by atoms with E-state index in [1.54, 1.807) is 31.2 Å². The van der Waals surface area contributed by atoms with Gasteiger partial charge in [-0.3, -0.25) is 9.36 Å². The highest BCUT2D eigenvalue weighted by molar-refractivity contribution is 7.07. The summed E-state index contributed by atoms with van der Waals surface area (Å²) in [6, 6.07) is 19.2. The number of esters is 1. The molecule has 40 heavy (non-hydrogen) atoms. The van der Waals surface area contributed by atoms with Gasteiger partial charge in [0, 0.05) is 15.6 Å². The van der Waals surface area contributed by atoms with Crippen LogP contribution in [0.1, 0.15) is 29.7 Å². The first-order valence-electron chi connectivity index (χ1n) is 12.2. The molecule has 5 rings (SSSR count). The fourth-order valence-corrected chi connectivity index (χ4v) is 5.95. The van der Waals surface area contributed by atoms with Crippen LogP contribution in [0.25, 0.3) is 6.08 Å². The molecule has 4 aromatic rings. The number of thiazole rings is 1. The number of rotatable bonds is 7. The zero-order valence-electron chi connectivity index (χ0n) is 21.8. The van der Waals surface area contributed by atoms with E-state index in [2.05, 4.69) is 4.99 Å². The van der Waals surface area contributed by atoms with Crippen LogP contribution < -0.4 is 24.4 Å². The monoisotopic (exact) mass is 594 g/mol. The summed E-state index contributed by atoms with van der Waals surface area (Å²) in [5, 5.41) is 1.09. The lowest BCUT2D eigenvalue weighted by atomic mass is 9.95. The van der Waals surface area contributed by atoms with E-state index in [1.165, 1.54) is 30.1 Å². The summed E-state index contributed by atoms with van der Waals surface area (Å²) in [5.74, 6) is 0.578. The van der Waals surface area contributed by atoms with Crippen molar-refractivity contribution in [2.75, 3.05) is 14.2 Å². The van der Waals surface area contributed by atoms with Gasteiger partial charge in [-0.2, -0.15) is 0 Å². The number of fused-ring (bicyclic) bond motifs is 1. The molecule has 7 nitrogen and oxygen atoms in total. The van der Waals surface area contributed by atoms with E-state index in [-0.39, 0.29) is 11.1 Å². The zero-order valence-corrected chi connectivity index (χ0v) is 24.1. The van der Waals surface area contributed by atoms with Crippen LogP contribution in [0.5, 0.6) is 11.5 Å². The van der Waals surface area contributed by atoms with Gasteiger partial charge in [0.1, 0.15) is 24.1 Å². The molecule has 0 N–H and O–H groups in total. The summed E-state index contributed by atoms with van der Waals surface area (Å²) in [5.41, 5.74) is 2.71. The molecule has 0 bridgehead atoms. The van der Waals surface area contributed by atoms with Crippen molar-refractivity contribution in [1.29, 1.82) is 0 Å². The lowest BCUT2D eigenvalue weighted by molar-refractivity contribution is -0.136. The first-order valence-corrected chi connectivity index (χ1v) is 13.8. The molecule has 0 fully saturated rings. The highest BCUT2D eigenvalue weighted by atomic mass is 35.5. The number of aromatic nitrogens is 1. The molecule has 1 aliphatic rings. The molecule has 0 radical (unpaired) electrons. The number of carbonyl (C=O) groups is 1. The van der Waals surface area contributed by atoms with Crippen molar-refractivity contribution in [2.24, 2.45) is 4.99 Å². The maximum atomic E-state index is 13.8. The van der Waals surface area contributed by atoms with E-state index >= 15 is 0 Å². The second kappa shape index (κ2) is 11.7. The molecular formula is C30H24Cl2N2O5S. The number of hydrogen-bond donors (Lipinski definition) is 0. The minimum Gasteiger partial charge on any atom is -0.496 e. The highest BCUT2D eigenvalue weighted by Crippen LogP contribution is 2.37. The van der Waals surface area contributed by atoms with Crippen LogP contribution in [0.4, 0.5) is 0 Å². The van der Waals surface area contributed by atoms with Crippen molar-refractivity contribution in [1.82, 2.24) is 4.57 Å². The van der Waals surface area contributed by atoms with Crippen LogP contribution in [0, 0.1) is 0 Å².